The molecule has 4 rings (SSSR count). The van der Waals surface area contributed by atoms with Gasteiger partial charge < -0.3 is 10.6 Å². The SMILES string of the molecule is C1CC1.CC(=O)NCc1cn2ncc(CNC(=O)CCC(F)(F)F)cc2n1.FC1(F)CCCCC1. The zero-order chi connectivity index (χ0) is 25.9. The number of rotatable bonds is 6. The fourth-order valence-corrected chi connectivity index (χ4v) is 2.98. The second kappa shape index (κ2) is 13.3. The van der Waals surface area contributed by atoms with Gasteiger partial charge in [0.15, 0.2) is 5.65 Å². The topological polar surface area (TPSA) is 88.4 Å². The van der Waals surface area contributed by atoms with E-state index in [-0.39, 0.29) is 31.8 Å². The molecule has 2 aliphatic carbocycles. The normalized spacial score (nSPS) is 16.3. The molecule has 196 valence electrons. The van der Waals surface area contributed by atoms with Crippen LogP contribution < -0.4 is 10.6 Å². The van der Waals surface area contributed by atoms with Crippen molar-refractivity contribution >= 4 is 17.5 Å². The number of nitrogens with zero attached hydrogens (tertiary/aromatic N) is 3. The Morgan fingerprint density at radius 1 is 1.03 bits per heavy atom. The Morgan fingerprint density at radius 3 is 2.17 bits per heavy atom. The van der Waals surface area contributed by atoms with Crippen molar-refractivity contribution in [3.05, 3.63) is 29.7 Å². The van der Waals surface area contributed by atoms with Crippen LogP contribution in [0.3, 0.4) is 0 Å². The molecule has 0 saturated heterocycles. The van der Waals surface area contributed by atoms with Gasteiger partial charge in [0.25, 0.3) is 0 Å². The summed E-state index contributed by atoms with van der Waals surface area (Å²) in [4.78, 5) is 26.5. The Labute approximate surface area is 200 Å². The molecule has 2 aromatic heterocycles. The van der Waals surface area contributed by atoms with Gasteiger partial charge in [-0.25, -0.2) is 18.3 Å². The number of aromatic nitrogens is 3. The molecule has 2 fully saturated rings. The van der Waals surface area contributed by atoms with Gasteiger partial charge in [0.2, 0.25) is 17.7 Å². The highest BCUT2D eigenvalue weighted by atomic mass is 19.4. The molecule has 12 heteroatoms. The lowest BCUT2D eigenvalue weighted by atomic mass is 9.97. The van der Waals surface area contributed by atoms with Gasteiger partial charge >= 0.3 is 6.18 Å². The van der Waals surface area contributed by atoms with Crippen molar-refractivity contribution in [2.75, 3.05) is 0 Å². The molecule has 0 bridgehead atoms. The first-order chi connectivity index (χ1) is 16.4. The summed E-state index contributed by atoms with van der Waals surface area (Å²) in [6.07, 6.45) is 4.19. The highest BCUT2D eigenvalue weighted by Crippen LogP contribution is 2.32. The van der Waals surface area contributed by atoms with Crippen molar-refractivity contribution in [1.29, 1.82) is 0 Å². The van der Waals surface area contributed by atoms with Crippen LogP contribution in [-0.4, -0.2) is 38.5 Å². The lowest BCUT2D eigenvalue weighted by Gasteiger charge is -2.20. The number of hydrogen-bond acceptors (Lipinski definition) is 4. The molecule has 2 aliphatic rings. The smallest absolute Gasteiger partial charge is 0.352 e. The summed E-state index contributed by atoms with van der Waals surface area (Å²) < 4.78 is 62.0. The summed E-state index contributed by atoms with van der Waals surface area (Å²) in [6.45, 7) is 1.73. The minimum Gasteiger partial charge on any atom is -0.352 e. The standard InChI is InChI=1S/C14H16F3N5O2.C6H10F2.C3H6/c1-9(23)18-7-11-8-22-12(21-11)4-10(6-20-22)5-19-13(24)2-3-14(15,16)17;7-6(8)4-2-1-3-5-6;1-2-3-1/h4,6,8H,2-3,5,7H2,1H3,(H,18,23)(H,19,24);1-5H2;1-3H2. The van der Waals surface area contributed by atoms with E-state index in [1.165, 1.54) is 36.9 Å². The highest BCUT2D eigenvalue weighted by Gasteiger charge is 2.30. The summed E-state index contributed by atoms with van der Waals surface area (Å²) in [5, 5.41) is 9.12. The van der Waals surface area contributed by atoms with E-state index in [1.807, 2.05) is 0 Å². The zero-order valence-corrected chi connectivity index (χ0v) is 19.8. The molecule has 2 heterocycles. The Bertz CT molecular complexity index is 949. The van der Waals surface area contributed by atoms with E-state index in [1.54, 1.807) is 12.3 Å². The van der Waals surface area contributed by atoms with Gasteiger partial charge in [0.1, 0.15) is 0 Å². The Kier molecular flexibility index (Phi) is 10.8. The minimum absolute atomic E-state index is 0.0636. The van der Waals surface area contributed by atoms with E-state index in [9.17, 15) is 31.5 Å². The number of carbonyl (C=O) groups excluding carboxylic acids is 2. The largest absolute Gasteiger partial charge is 0.389 e. The fraction of sp³-hybridized carbons (Fsp3) is 0.652. The van der Waals surface area contributed by atoms with Crippen LogP contribution in [0.25, 0.3) is 5.65 Å². The molecule has 7 nitrogen and oxygen atoms in total. The first-order valence-electron chi connectivity index (χ1n) is 11.7. The molecule has 2 N–H and O–H groups in total. The molecule has 2 amide bonds. The Hall–Kier alpha value is -2.79. The molecule has 2 aromatic rings. The first kappa shape index (κ1) is 28.4. The maximum Gasteiger partial charge on any atom is 0.389 e. The van der Waals surface area contributed by atoms with E-state index in [0.717, 1.165) is 6.42 Å². The number of fused-ring (bicyclic) bond motifs is 1. The van der Waals surface area contributed by atoms with Crippen LogP contribution >= 0.6 is 0 Å². The fourth-order valence-electron chi connectivity index (χ4n) is 2.98. The molecule has 0 atom stereocenters. The van der Waals surface area contributed by atoms with E-state index >= 15 is 0 Å². The summed E-state index contributed by atoms with van der Waals surface area (Å²) >= 11 is 0. The number of alkyl halides is 5. The van der Waals surface area contributed by atoms with Crippen LogP contribution in [-0.2, 0) is 22.7 Å². The first-order valence-corrected chi connectivity index (χ1v) is 11.7. The van der Waals surface area contributed by atoms with Crippen LogP contribution in [0.4, 0.5) is 22.0 Å². The third-order valence-electron chi connectivity index (χ3n) is 5.01. The van der Waals surface area contributed by atoms with Gasteiger partial charge in [-0.2, -0.15) is 18.3 Å². The highest BCUT2D eigenvalue weighted by molar-refractivity contribution is 5.75. The zero-order valence-electron chi connectivity index (χ0n) is 19.8. The maximum atomic E-state index is 12.2. The molecule has 0 spiro atoms. The molecule has 0 radical (unpaired) electrons. The average Bonchev–Trinajstić information content (AvgIpc) is 3.60. The maximum absolute atomic E-state index is 12.2. The van der Waals surface area contributed by atoms with Crippen LogP contribution in [0.15, 0.2) is 18.5 Å². The molecule has 0 aromatic carbocycles. The number of amides is 2. The van der Waals surface area contributed by atoms with Gasteiger partial charge in [-0.1, -0.05) is 25.7 Å². The third kappa shape index (κ3) is 13.0. The number of halogens is 5. The van der Waals surface area contributed by atoms with E-state index in [4.69, 9.17) is 0 Å². The van der Waals surface area contributed by atoms with Gasteiger partial charge in [0, 0.05) is 32.7 Å². The quantitative estimate of drug-likeness (QED) is 0.536. The second-order valence-corrected chi connectivity index (χ2v) is 8.68. The average molecular weight is 506 g/mol. The third-order valence-corrected chi connectivity index (χ3v) is 5.01. The number of hydrogen-bond donors (Lipinski definition) is 2. The monoisotopic (exact) mass is 505 g/mol. The second-order valence-electron chi connectivity index (χ2n) is 8.68. The van der Waals surface area contributed by atoms with Crippen molar-refractivity contribution in [2.24, 2.45) is 0 Å². The van der Waals surface area contributed by atoms with Crippen LogP contribution in [0.5, 0.6) is 0 Å². The number of nitrogens with one attached hydrogen (secondary N) is 2. The lowest BCUT2D eigenvalue weighted by Crippen LogP contribution is -2.24. The van der Waals surface area contributed by atoms with Crippen molar-refractivity contribution < 1.29 is 31.5 Å². The molecular weight excluding hydrogens is 473 g/mol. The summed E-state index contributed by atoms with van der Waals surface area (Å²) in [5.74, 6) is -3.18. The predicted molar refractivity (Wildman–Crippen MR) is 120 cm³/mol. The molecule has 0 unspecified atom stereocenters. The van der Waals surface area contributed by atoms with Crippen LogP contribution in [0, 0.1) is 0 Å². The number of carbonyl (C=O) groups is 2. The summed E-state index contributed by atoms with van der Waals surface area (Å²) in [5.41, 5.74) is 1.74. The predicted octanol–water partition coefficient (Wildman–Crippen LogP) is 5.08. The van der Waals surface area contributed by atoms with Gasteiger partial charge in [-0.15, -0.1) is 0 Å². The minimum atomic E-state index is -4.35. The summed E-state index contributed by atoms with van der Waals surface area (Å²) in [6, 6.07) is 1.66. The molecule has 35 heavy (non-hydrogen) atoms. The van der Waals surface area contributed by atoms with E-state index < -0.39 is 30.8 Å². The van der Waals surface area contributed by atoms with Crippen molar-refractivity contribution in [2.45, 2.75) is 96.3 Å². The molecular formula is C23H32F5N5O2. The lowest BCUT2D eigenvalue weighted by molar-refractivity contribution is -0.144. The van der Waals surface area contributed by atoms with Crippen molar-refractivity contribution in [3.8, 4) is 0 Å². The molecule has 2 saturated carbocycles. The van der Waals surface area contributed by atoms with E-state index in [0.29, 0.717) is 29.7 Å². The van der Waals surface area contributed by atoms with Gasteiger partial charge in [0.05, 0.1) is 31.1 Å². The Balaban J connectivity index is 0.000000320. The molecule has 0 aliphatic heterocycles. The Morgan fingerprint density at radius 2 is 1.66 bits per heavy atom. The van der Waals surface area contributed by atoms with E-state index in [2.05, 4.69) is 20.7 Å². The summed E-state index contributed by atoms with van der Waals surface area (Å²) in [7, 11) is 0. The number of imidazole rings is 1. The van der Waals surface area contributed by atoms with Crippen molar-refractivity contribution in [3.63, 3.8) is 0 Å². The van der Waals surface area contributed by atoms with Gasteiger partial charge in [-0.05, 0) is 24.5 Å². The van der Waals surface area contributed by atoms with Gasteiger partial charge in [-0.3, -0.25) is 9.59 Å². The van der Waals surface area contributed by atoms with Crippen molar-refractivity contribution in [1.82, 2.24) is 25.2 Å². The van der Waals surface area contributed by atoms with Crippen LogP contribution in [0.2, 0.25) is 0 Å². The van der Waals surface area contributed by atoms with Crippen LogP contribution in [0.1, 0.15) is 82.4 Å².